The number of benzene rings is 2. The van der Waals surface area contributed by atoms with E-state index in [1.807, 2.05) is 24.3 Å². The largest absolute Gasteiger partial charge is 0.398 e. The van der Waals surface area contributed by atoms with Gasteiger partial charge in [-0.3, -0.25) is 5.84 Å². The molecule has 3 heteroatoms. The Hall–Kier alpha value is -1.84. The van der Waals surface area contributed by atoms with Crippen molar-refractivity contribution in [2.75, 3.05) is 5.73 Å². The zero-order valence-corrected chi connectivity index (χ0v) is 11.3. The minimum absolute atomic E-state index is 0.0723. The summed E-state index contributed by atoms with van der Waals surface area (Å²) >= 11 is 0. The molecule has 0 spiro atoms. The lowest BCUT2D eigenvalue weighted by molar-refractivity contribution is 0.638. The highest BCUT2D eigenvalue weighted by atomic mass is 15.2. The third kappa shape index (κ3) is 3.13. The fourth-order valence-electron chi connectivity index (χ4n) is 2.30. The maximum absolute atomic E-state index is 6.02. The predicted molar refractivity (Wildman–Crippen MR) is 80.5 cm³/mol. The van der Waals surface area contributed by atoms with E-state index < -0.39 is 0 Å². The number of aryl methyl sites for hydroxylation is 1. The molecule has 0 aromatic heterocycles. The second-order valence-electron chi connectivity index (χ2n) is 4.72. The molecule has 2 aromatic carbocycles. The standard InChI is InChI=1S/C16H21N3/c1-2-5-12-8-10-13(11-9-12)16(19-18)14-6-3-4-7-15(14)17/h3-4,6-11,16,19H,2,5,17-18H2,1H3. The number of hydrogen-bond acceptors (Lipinski definition) is 3. The van der Waals surface area contributed by atoms with Gasteiger partial charge in [-0.1, -0.05) is 55.8 Å². The number of hydrazine groups is 1. The quantitative estimate of drug-likeness (QED) is 0.437. The third-order valence-corrected chi connectivity index (χ3v) is 3.33. The summed E-state index contributed by atoms with van der Waals surface area (Å²) in [4.78, 5) is 0. The average Bonchev–Trinajstić information content (AvgIpc) is 2.44. The van der Waals surface area contributed by atoms with Gasteiger partial charge < -0.3 is 5.73 Å². The summed E-state index contributed by atoms with van der Waals surface area (Å²) in [6.45, 7) is 2.18. The van der Waals surface area contributed by atoms with Crippen molar-refractivity contribution in [3.63, 3.8) is 0 Å². The molecule has 3 nitrogen and oxygen atoms in total. The van der Waals surface area contributed by atoms with Crippen LogP contribution in [0.4, 0.5) is 5.69 Å². The van der Waals surface area contributed by atoms with Crippen LogP contribution in [0.25, 0.3) is 0 Å². The molecule has 2 aromatic rings. The molecule has 0 fully saturated rings. The molecule has 0 bridgehead atoms. The van der Waals surface area contributed by atoms with Crippen LogP contribution in [0.15, 0.2) is 48.5 Å². The fourth-order valence-corrected chi connectivity index (χ4v) is 2.30. The van der Waals surface area contributed by atoms with Crippen molar-refractivity contribution in [1.29, 1.82) is 0 Å². The van der Waals surface area contributed by atoms with Gasteiger partial charge in [-0.2, -0.15) is 0 Å². The van der Waals surface area contributed by atoms with E-state index in [4.69, 9.17) is 11.6 Å². The second kappa shape index (κ2) is 6.36. The molecular formula is C16H21N3. The molecule has 1 unspecified atom stereocenters. The van der Waals surface area contributed by atoms with Gasteiger partial charge in [0.1, 0.15) is 0 Å². The van der Waals surface area contributed by atoms with Crippen LogP contribution in [-0.2, 0) is 6.42 Å². The first-order valence-electron chi connectivity index (χ1n) is 6.65. The first-order chi connectivity index (χ1) is 9.26. The van der Waals surface area contributed by atoms with Crippen molar-refractivity contribution in [3.8, 4) is 0 Å². The van der Waals surface area contributed by atoms with Crippen molar-refractivity contribution in [2.45, 2.75) is 25.8 Å². The van der Waals surface area contributed by atoms with Crippen LogP contribution in [0.5, 0.6) is 0 Å². The number of rotatable bonds is 5. The maximum atomic E-state index is 6.02. The molecule has 1 atom stereocenters. The van der Waals surface area contributed by atoms with Crippen LogP contribution >= 0.6 is 0 Å². The zero-order chi connectivity index (χ0) is 13.7. The molecule has 0 aliphatic rings. The van der Waals surface area contributed by atoms with Gasteiger partial charge in [-0.25, -0.2) is 5.43 Å². The van der Waals surface area contributed by atoms with Crippen LogP contribution in [-0.4, -0.2) is 0 Å². The Morgan fingerprint density at radius 1 is 1.05 bits per heavy atom. The smallest absolute Gasteiger partial charge is 0.0730 e. The lowest BCUT2D eigenvalue weighted by Crippen LogP contribution is -2.29. The number of anilines is 1. The molecule has 0 radical (unpaired) electrons. The Kier molecular flexibility index (Phi) is 4.55. The fraction of sp³-hybridized carbons (Fsp3) is 0.250. The summed E-state index contributed by atoms with van der Waals surface area (Å²) in [6.07, 6.45) is 2.26. The number of hydrogen-bond donors (Lipinski definition) is 3. The normalized spacial score (nSPS) is 12.3. The van der Waals surface area contributed by atoms with Crippen molar-refractivity contribution < 1.29 is 0 Å². The Bertz CT molecular complexity index is 520. The average molecular weight is 255 g/mol. The van der Waals surface area contributed by atoms with Gasteiger partial charge in [0, 0.05) is 5.69 Å². The van der Waals surface area contributed by atoms with Crippen molar-refractivity contribution in [3.05, 3.63) is 65.2 Å². The minimum atomic E-state index is -0.0723. The van der Waals surface area contributed by atoms with Crippen LogP contribution in [0.1, 0.15) is 36.1 Å². The molecule has 0 saturated heterocycles. The summed E-state index contributed by atoms with van der Waals surface area (Å²) in [5.41, 5.74) is 13.1. The zero-order valence-electron chi connectivity index (χ0n) is 11.3. The lowest BCUT2D eigenvalue weighted by Gasteiger charge is -2.19. The third-order valence-electron chi connectivity index (χ3n) is 3.33. The first kappa shape index (κ1) is 13.6. The highest BCUT2D eigenvalue weighted by Gasteiger charge is 2.14. The van der Waals surface area contributed by atoms with Crippen LogP contribution in [0, 0.1) is 0 Å². The topological polar surface area (TPSA) is 64.1 Å². The van der Waals surface area contributed by atoms with Gasteiger partial charge in [0.15, 0.2) is 0 Å². The predicted octanol–water partition coefficient (Wildman–Crippen LogP) is 2.77. The summed E-state index contributed by atoms with van der Waals surface area (Å²) in [7, 11) is 0. The highest BCUT2D eigenvalue weighted by molar-refractivity contribution is 5.51. The maximum Gasteiger partial charge on any atom is 0.0730 e. The first-order valence-corrected chi connectivity index (χ1v) is 6.65. The molecule has 19 heavy (non-hydrogen) atoms. The molecule has 0 aliphatic heterocycles. The molecule has 5 N–H and O–H groups in total. The van der Waals surface area contributed by atoms with Crippen molar-refractivity contribution >= 4 is 5.69 Å². The number of nitrogens with two attached hydrogens (primary N) is 2. The van der Waals surface area contributed by atoms with E-state index >= 15 is 0 Å². The second-order valence-corrected chi connectivity index (χ2v) is 4.72. The van der Waals surface area contributed by atoms with E-state index in [0.717, 1.165) is 29.7 Å². The molecule has 0 aliphatic carbocycles. The summed E-state index contributed by atoms with van der Waals surface area (Å²) in [5.74, 6) is 5.70. The van der Waals surface area contributed by atoms with E-state index in [2.05, 4.69) is 36.6 Å². The van der Waals surface area contributed by atoms with Crippen LogP contribution in [0.3, 0.4) is 0 Å². The minimum Gasteiger partial charge on any atom is -0.398 e. The Labute approximate surface area is 114 Å². The molecular weight excluding hydrogens is 234 g/mol. The molecule has 0 saturated carbocycles. The van der Waals surface area contributed by atoms with Gasteiger partial charge in [0.2, 0.25) is 0 Å². The number of para-hydroxylation sites is 1. The monoisotopic (exact) mass is 255 g/mol. The Balaban J connectivity index is 2.29. The van der Waals surface area contributed by atoms with E-state index in [0.29, 0.717) is 0 Å². The lowest BCUT2D eigenvalue weighted by atomic mass is 9.96. The van der Waals surface area contributed by atoms with E-state index in [1.54, 1.807) is 0 Å². The Morgan fingerprint density at radius 2 is 1.74 bits per heavy atom. The summed E-state index contributed by atoms with van der Waals surface area (Å²) in [6, 6.07) is 16.3. The van der Waals surface area contributed by atoms with E-state index in [-0.39, 0.29) is 6.04 Å². The molecule has 0 heterocycles. The Morgan fingerprint density at radius 3 is 2.32 bits per heavy atom. The van der Waals surface area contributed by atoms with Crippen LogP contribution < -0.4 is 17.0 Å². The van der Waals surface area contributed by atoms with E-state index in [9.17, 15) is 0 Å². The SMILES string of the molecule is CCCc1ccc(C(NN)c2ccccc2N)cc1. The van der Waals surface area contributed by atoms with Crippen molar-refractivity contribution in [2.24, 2.45) is 5.84 Å². The van der Waals surface area contributed by atoms with Crippen LogP contribution in [0.2, 0.25) is 0 Å². The van der Waals surface area contributed by atoms with Crippen molar-refractivity contribution in [1.82, 2.24) is 5.43 Å². The van der Waals surface area contributed by atoms with Gasteiger partial charge in [-0.05, 0) is 29.2 Å². The van der Waals surface area contributed by atoms with Gasteiger partial charge in [-0.15, -0.1) is 0 Å². The van der Waals surface area contributed by atoms with Gasteiger partial charge >= 0.3 is 0 Å². The summed E-state index contributed by atoms with van der Waals surface area (Å²) in [5, 5.41) is 0. The number of nitrogen functional groups attached to an aromatic ring is 1. The van der Waals surface area contributed by atoms with E-state index in [1.165, 1.54) is 5.56 Å². The summed E-state index contributed by atoms with van der Waals surface area (Å²) < 4.78 is 0. The highest BCUT2D eigenvalue weighted by Crippen LogP contribution is 2.26. The number of nitrogens with one attached hydrogen (secondary N) is 1. The molecule has 0 amide bonds. The molecule has 100 valence electrons. The van der Waals surface area contributed by atoms with Gasteiger partial charge in [0.05, 0.1) is 6.04 Å². The van der Waals surface area contributed by atoms with Gasteiger partial charge in [0.25, 0.3) is 0 Å². The molecule has 2 rings (SSSR count).